The molecule has 0 aromatic heterocycles. The highest BCUT2D eigenvalue weighted by Crippen LogP contribution is 2.29. The summed E-state index contributed by atoms with van der Waals surface area (Å²) in [4.78, 5) is 25.3. The van der Waals surface area contributed by atoms with E-state index in [2.05, 4.69) is 10.6 Å². The van der Waals surface area contributed by atoms with E-state index in [0.717, 1.165) is 11.6 Å². The van der Waals surface area contributed by atoms with E-state index in [4.69, 9.17) is 4.74 Å². The van der Waals surface area contributed by atoms with Gasteiger partial charge in [0.05, 0.1) is 18.7 Å². The zero-order valence-corrected chi connectivity index (χ0v) is 16.8. The topological polar surface area (TPSA) is 67.4 Å². The Morgan fingerprint density at radius 1 is 0.967 bits per heavy atom. The number of nitrogens with one attached hydrogen (secondary N) is 2. The van der Waals surface area contributed by atoms with Gasteiger partial charge in [0.15, 0.2) is 0 Å². The maximum atomic E-state index is 13.4. The first-order chi connectivity index (χ1) is 14.5. The van der Waals surface area contributed by atoms with Gasteiger partial charge < -0.3 is 15.4 Å². The van der Waals surface area contributed by atoms with E-state index in [1.54, 1.807) is 18.2 Å². The van der Waals surface area contributed by atoms with E-state index < -0.39 is 11.7 Å². The predicted molar refractivity (Wildman–Crippen MR) is 115 cm³/mol. The number of carbonyl (C=O) groups is 2. The van der Waals surface area contributed by atoms with Crippen LogP contribution in [0, 0.1) is 5.82 Å². The quantitative estimate of drug-likeness (QED) is 0.565. The number of carbonyl (C=O) groups excluding carboxylic acids is 2. The van der Waals surface area contributed by atoms with Gasteiger partial charge in [0.1, 0.15) is 11.6 Å². The molecule has 3 aromatic carbocycles. The van der Waals surface area contributed by atoms with E-state index in [9.17, 15) is 14.0 Å². The van der Waals surface area contributed by atoms with Crippen molar-refractivity contribution in [2.45, 2.75) is 19.3 Å². The highest BCUT2D eigenvalue weighted by molar-refractivity contribution is 6.05. The van der Waals surface area contributed by atoms with Crippen LogP contribution in [0.3, 0.4) is 0 Å². The standard InChI is InChI=1S/C24H23FN2O3/c1-3-20(16-8-5-4-6-9-16)24(29)26-19-12-13-22(30-2)21(15-19)27-23(28)17-10-7-11-18(25)14-17/h4-15,20H,3H2,1-2H3,(H,26,29)(H,27,28). The molecule has 3 rings (SSSR count). The number of anilines is 2. The van der Waals surface area contributed by atoms with Gasteiger partial charge in [-0.3, -0.25) is 9.59 Å². The predicted octanol–water partition coefficient (Wildman–Crippen LogP) is 5.22. The average molecular weight is 406 g/mol. The molecule has 0 aliphatic carbocycles. The number of amides is 2. The van der Waals surface area contributed by atoms with Crippen LogP contribution < -0.4 is 15.4 Å². The first-order valence-corrected chi connectivity index (χ1v) is 9.62. The summed E-state index contributed by atoms with van der Waals surface area (Å²) < 4.78 is 18.7. The highest BCUT2D eigenvalue weighted by Gasteiger charge is 2.19. The smallest absolute Gasteiger partial charge is 0.255 e. The Bertz CT molecular complexity index is 1040. The van der Waals surface area contributed by atoms with Gasteiger partial charge in [-0.2, -0.15) is 0 Å². The number of hydrogen-bond acceptors (Lipinski definition) is 3. The molecule has 2 N–H and O–H groups in total. The van der Waals surface area contributed by atoms with E-state index in [1.807, 2.05) is 37.3 Å². The van der Waals surface area contributed by atoms with E-state index in [-0.39, 0.29) is 17.4 Å². The Morgan fingerprint density at radius 2 is 1.73 bits per heavy atom. The molecule has 3 aromatic rings. The van der Waals surface area contributed by atoms with Gasteiger partial charge in [0, 0.05) is 11.3 Å². The van der Waals surface area contributed by atoms with Crippen molar-refractivity contribution < 1.29 is 18.7 Å². The number of ether oxygens (including phenoxy) is 1. The van der Waals surface area contributed by atoms with Crippen molar-refractivity contribution in [3.05, 3.63) is 89.7 Å². The minimum atomic E-state index is -0.498. The summed E-state index contributed by atoms with van der Waals surface area (Å²) >= 11 is 0. The molecule has 30 heavy (non-hydrogen) atoms. The van der Waals surface area contributed by atoms with Crippen LogP contribution in [0.4, 0.5) is 15.8 Å². The molecule has 0 spiro atoms. The SMILES string of the molecule is CCC(C(=O)Nc1ccc(OC)c(NC(=O)c2cccc(F)c2)c1)c1ccccc1. The maximum Gasteiger partial charge on any atom is 0.255 e. The van der Waals surface area contributed by atoms with Crippen LogP contribution in [0.2, 0.25) is 0 Å². The molecule has 0 aliphatic heterocycles. The third-order valence-corrected chi connectivity index (χ3v) is 4.73. The summed E-state index contributed by atoms with van der Waals surface area (Å²) in [5, 5.41) is 5.61. The number of rotatable bonds is 7. The normalized spacial score (nSPS) is 11.4. The summed E-state index contributed by atoms with van der Waals surface area (Å²) in [6.07, 6.45) is 0.648. The van der Waals surface area contributed by atoms with Crippen molar-refractivity contribution >= 4 is 23.2 Å². The molecule has 0 radical (unpaired) electrons. The molecular formula is C24H23FN2O3. The second-order valence-corrected chi connectivity index (χ2v) is 6.74. The van der Waals surface area contributed by atoms with Crippen molar-refractivity contribution in [2.75, 3.05) is 17.7 Å². The molecule has 0 bridgehead atoms. The zero-order valence-electron chi connectivity index (χ0n) is 16.8. The van der Waals surface area contributed by atoms with Crippen LogP contribution in [0.1, 0.15) is 35.2 Å². The first kappa shape index (κ1) is 21.0. The molecule has 0 heterocycles. The van der Waals surface area contributed by atoms with Crippen LogP contribution in [-0.2, 0) is 4.79 Å². The lowest BCUT2D eigenvalue weighted by atomic mass is 9.95. The van der Waals surface area contributed by atoms with Crippen LogP contribution in [0.25, 0.3) is 0 Å². The number of benzene rings is 3. The number of halogens is 1. The minimum absolute atomic E-state index is 0.142. The fourth-order valence-corrected chi connectivity index (χ4v) is 3.19. The van der Waals surface area contributed by atoms with E-state index in [1.165, 1.54) is 25.3 Å². The highest BCUT2D eigenvalue weighted by atomic mass is 19.1. The lowest BCUT2D eigenvalue weighted by Crippen LogP contribution is -2.21. The monoisotopic (exact) mass is 406 g/mol. The summed E-state index contributed by atoms with van der Waals surface area (Å²) in [6.45, 7) is 1.95. The fraction of sp³-hybridized carbons (Fsp3) is 0.167. The second-order valence-electron chi connectivity index (χ2n) is 6.74. The fourth-order valence-electron chi connectivity index (χ4n) is 3.19. The van der Waals surface area contributed by atoms with Gasteiger partial charge in [-0.15, -0.1) is 0 Å². The van der Waals surface area contributed by atoms with Gasteiger partial charge in [-0.1, -0.05) is 43.3 Å². The van der Waals surface area contributed by atoms with Gasteiger partial charge in [-0.05, 0) is 48.4 Å². The molecule has 0 fully saturated rings. The van der Waals surface area contributed by atoms with Gasteiger partial charge in [0.2, 0.25) is 5.91 Å². The summed E-state index contributed by atoms with van der Waals surface area (Å²) in [5.41, 5.74) is 2.01. The molecule has 154 valence electrons. The summed E-state index contributed by atoms with van der Waals surface area (Å²) in [5.74, 6) is -0.989. The molecule has 0 saturated carbocycles. The lowest BCUT2D eigenvalue weighted by molar-refractivity contribution is -0.117. The van der Waals surface area contributed by atoms with Crippen LogP contribution >= 0.6 is 0 Å². The van der Waals surface area contributed by atoms with Gasteiger partial charge in [0.25, 0.3) is 5.91 Å². The van der Waals surface area contributed by atoms with Crippen molar-refractivity contribution in [2.24, 2.45) is 0 Å². The largest absolute Gasteiger partial charge is 0.495 e. The first-order valence-electron chi connectivity index (χ1n) is 9.62. The van der Waals surface area contributed by atoms with Gasteiger partial charge >= 0.3 is 0 Å². The summed E-state index contributed by atoms with van der Waals surface area (Å²) in [7, 11) is 1.48. The van der Waals surface area contributed by atoms with E-state index in [0.29, 0.717) is 23.5 Å². The van der Waals surface area contributed by atoms with Crippen molar-refractivity contribution in [3.63, 3.8) is 0 Å². The molecular weight excluding hydrogens is 383 g/mol. The third kappa shape index (κ3) is 5.03. The molecule has 6 heteroatoms. The van der Waals surface area contributed by atoms with E-state index >= 15 is 0 Å². The number of methoxy groups -OCH3 is 1. The van der Waals surface area contributed by atoms with Crippen molar-refractivity contribution in [3.8, 4) is 5.75 Å². The Hall–Kier alpha value is -3.67. The molecule has 2 amide bonds. The van der Waals surface area contributed by atoms with Crippen LogP contribution in [0.5, 0.6) is 5.75 Å². The van der Waals surface area contributed by atoms with Crippen LogP contribution in [-0.4, -0.2) is 18.9 Å². The van der Waals surface area contributed by atoms with Crippen molar-refractivity contribution in [1.29, 1.82) is 0 Å². The lowest BCUT2D eigenvalue weighted by Gasteiger charge is -2.17. The van der Waals surface area contributed by atoms with Crippen molar-refractivity contribution in [1.82, 2.24) is 0 Å². The summed E-state index contributed by atoms with van der Waals surface area (Å²) in [6, 6.07) is 19.9. The second kappa shape index (κ2) is 9.69. The Balaban J connectivity index is 1.80. The number of hydrogen-bond donors (Lipinski definition) is 2. The van der Waals surface area contributed by atoms with Gasteiger partial charge in [-0.25, -0.2) is 4.39 Å². The Labute approximate surface area is 174 Å². The maximum absolute atomic E-state index is 13.4. The molecule has 0 aliphatic rings. The third-order valence-electron chi connectivity index (χ3n) is 4.73. The zero-order chi connectivity index (χ0) is 21.5. The molecule has 1 atom stereocenters. The average Bonchev–Trinajstić information content (AvgIpc) is 2.75. The molecule has 5 nitrogen and oxygen atoms in total. The van der Waals surface area contributed by atoms with Crippen LogP contribution in [0.15, 0.2) is 72.8 Å². The molecule has 1 unspecified atom stereocenters. The Morgan fingerprint density at radius 3 is 2.40 bits per heavy atom. The Kier molecular flexibility index (Phi) is 6.80. The molecule has 0 saturated heterocycles. The minimum Gasteiger partial charge on any atom is -0.495 e.